The third-order valence-electron chi connectivity index (χ3n) is 4.22. The Morgan fingerprint density at radius 2 is 2.08 bits per heavy atom. The van der Waals surface area contributed by atoms with Crippen LogP contribution in [0.15, 0.2) is 35.5 Å². The van der Waals surface area contributed by atoms with Crippen LogP contribution in [0.3, 0.4) is 0 Å². The molecule has 0 fully saturated rings. The average Bonchev–Trinajstić information content (AvgIpc) is 2.59. The molecule has 1 aliphatic rings. The van der Waals surface area contributed by atoms with Gasteiger partial charge < -0.3 is 20.7 Å². The first-order chi connectivity index (χ1) is 12.0. The number of hydrogen-bond acceptors (Lipinski definition) is 3. The van der Waals surface area contributed by atoms with Gasteiger partial charge in [-0.2, -0.15) is 0 Å². The molecule has 4 N–H and O–H groups in total. The van der Waals surface area contributed by atoms with E-state index in [1.54, 1.807) is 6.92 Å². The summed E-state index contributed by atoms with van der Waals surface area (Å²) in [7, 11) is 0. The first-order valence-electron chi connectivity index (χ1n) is 8.53. The molecular weight excluding hydrogens is 342 g/mol. The zero-order valence-corrected chi connectivity index (χ0v) is 15.5. The van der Waals surface area contributed by atoms with Crippen LogP contribution in [0.4, 0.5) is 4.79 Å². The van der Waals surface area contributed by atoms with Gasteiger partial charge in [-0.15, -0.1) is 0 Å². The number of nitrogens with one attached hydrogen (secondary N) is 2. The van der Waals surface area contributed by atoms with Crippen molar-refractivity contribution in [1.82, 2.24) is 10.6 Å². The van der Waals surface area contributed by atoms with Crippen LogP contribution in [0.1, 0.15) is 38.8 Å². The van der Waals surface area contributed by atoms with Crippen molar-refractivity contribution in [3.05, 3.63) is 46.1 Å². The first kappa shape index (κ1) is 19.3. The summed E-state index contributed by atoms with van der Waals surface area (Å²) in [6, 6.07) is 7.09. The number of halogens is 1. The van der Waals surface area contributed by atoms with E-state index in [-0.39, 0.29) is 18.1 Å². The van der Waals surface area contributed by atoms with E-state index in [9.17, 15) is 9.59 Å². The van der Waals surface area contributed by atoms with E-state index in [1.807, 2.05) is 43.4 Å². The van der Waals surface area contributed by atoms with Crippen molar-refractivity contribution >= 4 is 23.6 Å². The van der Waals surface area contributed by atoms with Gasteiger partial charge in [-0.05, 0) is 26.3 Å². The van der Waals surface area contributed by atoms with Gasteiger partial charge in [0.25, 0.3) is 0 Å². The lowest BCUT2D eigenvalue weighted by atomic mass is 10.00. The SMILES string of the molecule is CCOC(=O)C1=C(C[NH2+][C@@H](C)c2ccccc2Cl)NC(=O)N[C@@H]1CC. The van der Waals surface area contributed by atoms with Gasteiger partial charge in [0.2, 0.25) is 0 Å². The average molecular weight is 367 g/mol. The first-order valence-corrected chi connectivity index (χ1v) is 8.91. The maximum Gasteiger partial charge on any atom is 0.338 e. The third kappa shape index (κ3) is 4.74. The van der Waals surface area contributed by atoms with E-state index in [0.717, 1.165) is 5.56 Å². The second-order valence-electron chi connectivity index (χ2n) is 5.92. The summed E-state index contributed by atoms with van der Waals surface area (Å²) in [4.78, 5) is 24.2. The molecule has 0 aliphatic carbocycles. The molecule has 0 saturated carbocycles. The molecule has 0 saturated heterocycles. The van der Waals surface area contributed by atoms with Gasteiger partial charge in [-0.1, -0.05) is 36.7 Å². The zero-order valence-electron chi connectivity index (χ0n) is 14.8. The highest BCUT2D eigenvalue weighted by molar-refractivity contribution is 6.31. The number of quaternary nitrogens is 1. The smallest absolute Gasteiger partial charge is 0.338 e. The molecule has 1 aromatic carbocycles. The van der Waals surface area contributed by atoms with Gasteiger partial charge in [0.15, 0.2) is 0 Å². The van der Waals surface area contributed by atoms with Crippen molar-refractivity contribution in [2.24, 2.45) is 0 Å². The monoisotopic (exact) mass is 366 g/mol. The molecule has 1 aliphatic heterocycles. The lowest BCUT2D eigenvalue weighted by Gasteiger charge is -2.28. The van der Waals surface area contributed by atoms with Crippen LogP contribution in [0.25, 0.3) is 0 Å². The number of carbonyl (C=O) groups is 2. The van der Waals surface area contributed by atoms with Crippen LogP contribution in [0.2, 0.25) is 5.02 Å². The standard InChI is InChI=1S/C18H24ClN3O3/c1-4-14-16(17(23)25-5-2)15(22-18(24)21-14)10-20-11(3)12-8-6-7-9-13(12)19/h6-9,11,14,20H,4-5,10H2,1-3H3,(H2,21,22,24)/p+1/t11-,14+/m0/s1. The van der Waals surface area contributed by atoms with Crippen LogP contribution in [0, 0.1) is 0 Å². The molecule has 1 aromatic rings. The minimum Gasteiger partial charge on any atom is -0.463 e. The molecule has 0 aromatic heterocycles. The third-order valence-corrected chi connectivity index (χ3v) is 4.56. The van der Waals surface area contributed by atoms with Crippen molar-refractivity contribution in [3.63, 3.8) is 0 Å². The largest absolute Gasteiger partial charge is 0.463 e. The molecule has 136 valence electrons. The predicted octanol–water partition coefficient (Wildman–Crippen LogP) is 1.87. The number of amides is 2. The number of benzene rings is 1. The molecule has 2 rings (SSSR count). The maximum absolute atomic E-state index is 12.3. The summed E-state index contributed by atoms with van der Waals surface area (Å²) >= 11 is 6.24. The summed E-state index contributed by atoms with van der Waals surface area (Å²) in [6.45, 7) is 6.46. The van der Waals surface area contributed by atoms with Crippen LogP contribution in [-0.4, -0.2) is 31.2 Å². The number of nitrogens with two attached hydrogens (primary N) is 1. The summed E-state index contributed by atoms with van der Waals surface area (Å²) in [5, 5.41) is 8.26. The van der Waals surface area contributed by atoms with Crippen LogP contribution in [-0.2, 0) is 9.53 Å². The zero-order chi connectivity index (χ0) is 18.4. The Balaban J connectivity index is 2.21. The van der Waals surface area contributed by atoms with Crippen molar-refractivity contribution in [2.45, 2.75) is 39.3 Å². The van der Waals surface area contributed by atoms with E-state index in [0.29, 0.717) is 35.9 Å². The molecule has 2 atom stereocenters. The number of esters is 1. The quantitative estimate of drug-likeness (QED) is 0.644. The van der Waals surface area contributed by atoms with E-state index in [1.165, 1.54) is 0 Å². The number of urea groups is 1. The molecule has 25 heavy (non-hydrogen) atoms. The Morgan fingerprint density at radius 3 is 2.72 bits per heavy atom. The molecule has 2 amide bonds. The second-order valence-corrected chi connectivity index (χ2v) is 6.33. The Hall–Kier alpha value is -2.05. The molecule has 0 unspecified atom stereocenters. The minimum atomic E-state index is -0.393. The number of carbonyl (C=O) groups excluding carboxylic acids is 2. The van der Waals surface area contributed by atoms with Crippen molar-refractivity contribution in [3.8, 4) is 0 Å². The van der Waals surface area contributed by atoms with Crippen LogP contribution < -0.4 is 16.0 Å². The number of ether oxygens (including phenoxy) is 1. The highest BCUT2D eigenvalue weighted by Crippen LogP contribution is 2.20. The number of rotatable bonds is 7. The van der Waals surface area contributed by atoms with E-state index >= 15 is 0 Å². The summed E-state index contributed by atoms with van der Waals surface area (Å²) in [5.41, 5.74) is 2.09. The van der Waals surface area contributed by atoms with Crippen LogP contribution in [0.5, 0.6) is 0 Å². The molecule has 0 spiro atoms. The molecule has 0 radical (unpaired) electrons. The maximum atomic E-state index is 12.3. The van der Waals surface area contributed by atoms with E-state index in [2.05, 4.69) is 10.6 Å². The fourth-order valence-corrected chi connectivity index (χ4v) is 3.20. The Morgan fingerprint density at radius 1 is 1.36 bits per heavy atom. The lowest BCUT2D eigenvalue weighted by Crippen LogP contribution is -2.86. The molecule has 0 bridgehead atoms. The Kier molecular flexibility index (Phi) is 6.84. The highest BCUT2D eigenvalue weighted by Gasteiger charge is 2.32. The van der Waals surface area contributed by atoms with Crippen molar-refractivity contribution in [2.75, 3.05) is 13.2 Å². The second kappa shape index (κ2) is 8.87. The molecular formula is C18H25ClN3O3+. The summed E-state index contributed by atoms with van der Waals surface area (Å²) < 4.78 is 5.17. The molecule has 6 nitrogen and oxygen atoms in total. The van der Waals surface area contributed by atoms with Gasteiger partial charge in [0.05, 0.1) is 23.9 Å². The highest BCUT2D eigenvalue weighted by atomic mass is 35.5. The van der Waals surface area contributed by atoms with Gasteiger partial charge in [-0.25, -0.2) is 9.59 Å². The van der Waals surface area contributed by atoms with E-state index < -0.39 is 5.97 Å². The summed E-state index contributed by atoms with van der Waals surface area (Å²) in [6.07, 6.45) is 0.616. The Labute approximate surface area is 153 Å². The fraction of sp³-hybridized carbons (Fsp3) is 0.444. The normalized spacial score (nSPS) is 18.4. The van der Waals surface area contributed by atoms with Gasteiger partial charge in [0, 0.05) is 10.6 Å². The van der Waals surface area contributed by atoms with Gasteiger partial charge in [-0.3, -0.25) is 0 Å². The predicted molar refractivity (Wildman–Crippen MR) is 96.1 cm³/mol. The lowest BCUT2D eigenvalue weighted by molar-refractivity contribution is -0.686. The number of hydrogen-bond donors (Lipinski definition) is 3. The van der Waals surface area contributed by atoms with Crippen molar-refractivity contribution in [1.29, 1.82) is 0 Å². The minimum absolute atomic E-state index is 0.0801. The topological polar surface area (TPSA) is 84.0 Å². The van der Waals surface area contributed by atoms with E-state index in [4.69, 9.17) is 16.3 Å². The van der Waals surface area contributed by atoms with Crippen molar-refractivity contribution < 1.29 is 19.6 Å². The fourth-order valence-electron chi connectivity index (χ4n) is 2.89. The summed E-state index contributed by atoms with van der Waals surface area (Å²) in [5.74, 6) is -0.393. The van der Waals surface area contributed by atoms with Gasteiger partial charge in [0.1, 0.15) is 12.6 Å². The Bertz CT molecular complexity index is 675. The van der Waals surface area contributed by atoms with Crippen LogP contribution >= 0.6 is 11.6 Å². The molecule has 1 heterocycles. The molecule has 7 heteroatoms. The van der Waals surface area contributed by atoms with Gasteiger partial charge >= 0.3 is 12.0 Å².